The summed E-state index contributed by atoms with van der Waals surface area (Å²) in [5.74, 6) is 0.570. The van der Waals surface area contributed by atoms with Crippen molar-refractivity contribution < 1.29 is 9.84 Å². The molecule has 0 bridgehead atoms. The number of aromatic nitrogens is 3. The minimum atomic E-state index is -0.509. The summed E-state index contributed by atoms with van der Waals surface area (Å²) in [6.07, 6.45) is 11.2. The molecule has 0 spiro atoms. The molecule has 2 atom stereocenters. The predicted octanol–water partition coefficient (Wildman–Crippen LogP) is 3.41. The summed E-state index contributed by atoms with van der Waals surface area (Å²) in [6.45, 7) is 2.76. The number of methoxy groups -OCH3 is 1. The maximum Gasteiger partial charge on any atom is 0.261 e. The number of aliphatic hydroxyl groups excluding tert-OH is 1. The molecule has 1 aliphatic rings. The number of nitrogens with one attached hydrogen (secondary N) is 1. The number of fused-ring (bicyclic) bond motifs is 1. The van der Waals surface area contributed by atoms with Gasteiger partial charge in [-0.2, -0.15) is 0 Å². The van der Waals surface area contributed by atoms with E-state index >= 15 is 0 Å². The molecule has 4 rings (SSSR count). The first kappa shape index (κ1) is 23.1. The van der Waals surface area contributed by atoms with E-state index in [2.05, 4.69) is 27.4 Å². The second-order valence-electron chi connectivity index (χ2n) is 8.69. The summed E-state index contributed by atoms with van der Waals surface area (Å²) >= 11 is 0. The number of aryl methyl sites for hydroxylation is 1. The molecule has 0 unspecified atom stereocenters. The lowest BCUT2D eigenvalue weighted by Gasteiger charge is -2.29. The van der Waals surface area contributed by atoms with Gasteiger partial charge in [0.25, 0.3) is 5.56 Å². The van der Waals surface area contributed by atoms with Gasteiger partial charge in [-0.05, 0) is 61.6 Å². The van der Waals surface area contributed by atoms with Gasteiger partial charge in [-0.3, -0.25) is 9.36 Å². The summed E-state index contributed by atoms with van der Waals surface area (Å²) in [4.78, 5) is 22.6. The Kier molecular flexibility index (Phi) is 7.20. The third-order valence-electron chi connectivity index (χ3n) is 6.51. The average Bonchev–Trinajstić information content (AvgIpc) is 2.83. The Bertz CT molecular complexity index is 1200. The molecular weight excluding hydrogens is 416 g/mol. The van der Waals surface area contributed by atoms with Crippen molar-refractivity contribution in [2.75, 3.05) is 20.7 Å². The maximum absolute atomic E-state index is 13.5. The van der Waals surface area contributed by atoms with E-state index in [0.717, 1.165) is 54.5 Å². The van der Waals surface area contributed by atoms with Gasteiger partial charge < -0.3 is 15.2 Å². The fourth-order valence-electron chi connectivity index (χ4n) is 4.71. The Hall–Kier alpha value is -3.03. The zero-order valence-electron chi connectivity index (χ0n) is 19.5. The zero-order valence-corrected chi connectivity index (χ0v) is 19.5. The first-order valence-electron chi connectivity index (χ1n) is 11.5. The monoisotopic (exact) mass is 448 g/mol. The minimum Gasteiger partial charge on any atom is -0.481 e. The second-order valence-corrected chi connectivity index (χ2v) is 8.69. The van der Waals surface area contributed by atoms with Crippen LogP contribution in [-0.4, -0.2) is 46.4 Å². The van der Waals surface area contributed by atoms with Crippen LogP contribution in [0.2, 0.25) is 0 Å². The Balaban J connectivity index is 1.83. The molecule has 1 fully saturated rings. The fourth-order valence-corrected chi connectivity index (χ4v) is 4.71. The van der Waals surface area contributed by atoms with E-state index in [1.807, 2.05) is 32.2 Å². The largest absolute Gasteiger partial charge is 0.481 e. The highest BCUT2D eigenvalue weighted by atomic mass is 16.5. The van der Waals surface area contributed by atoms with Crippen molar-refractivity contribution in [1.82, 2.24) is 19.9 Å². The van der Waals surface area contributed by atoms with Crippen molar-refractivity contribution >= 4 is 17.0 Å². The van der Waals surface area contributed by atoms with Crippen LogP contribution in [0.3, 0.4) is 0 Å². The lowest BCUT2D eigenvalue weighted by Crippen LogP contribution is -2.34. The number of nitrogens with zero attached hydrogens (tertiary/aromatic N) is 3. The molecule has 2 heterocycles. The third kappa shape index (κ3) is 4.84. The van der Waals surface area contributed by atoms with Gasteiger partial charge in [0.15, 0.2) is 0 Å². The zero-order chi connectivity index (χ0) is 23.4. The minimum absolute atomic E-state index is 0.0890. The van der Waals surface area contributed by atoms with Gasteiger partial charge in [0.1, 0.15) is 0 Å². The maximum atomic E-state index is 13.5. The summed E-state index contributed by atoms with van der Waals surface area (Å²) < 4.78 is 6.82. The molecule has 2 N–H and O–H groups in total. The number of pyridine rings is 1. The normalized spacial score (nSPS) is 18.8. The van der Waals surface area contributed by atoms with Gasteiger partial charge in [-0.15, -0.1) is 0 Å². The molecule has 1 aromatic carbocycles. The molecule has 0 radical (unpaired) electrons. The molecule has 1 saturated carbocycles. The molecule has 7 heteroatoms. The van der Waals surface area contributed by atoms with Gasteiger partial charge >= 0.3 is 0 Å². The lowest BCUT2D eigenvalue weighted by atomic mass is 9.91. The van der Waals surface area contributed by atoms with Crippen LogP contribution in [0.5, 0.6) is 5.88 Å². The summed E-state index contributed by atoms with van der Waals surface area (Å²) in [7, 11) is 3.51. The van der Waals surface area contributed by atoms with Gasteiger partial charge in [0, 0.05) is 18.8 Å². The molecule has 0 saturated heterocycles. The number of benzene rings is 1. The molecule has 0 aliphatic heterocycles. The molecule has 174 valence electrons. The van der Waals surface area contributed by atoms with E-state index in [0.29, 0.717) is 23.2 Å². The molecule has 7 nitrogen and oxygen atoms in total. The number of ether oxygens (including phenoxy) is 1. The van der Waals surface area contributed by atoms with Crippen molar-refractivity contribution in [1.29, 1.82) is 0 Å². The number of hydrogen-bond donors (Lipinski definition) is 2. The molecule has 2 aromatic heterocycles. The summed E-state index contributed by atoms with van der Waals surface area (Å²) in [5, 5.41) is 14.2. The van der Waals surface area contributed by atoms with Gasteiger partial charge in [0.2, 0.25) is 5.88 Å². The molecule has 0 amide bonds. The first-order chi connectivity index (χ1) is 16.0. The molecule has 33 heavy (non-hydrogen) atoms. The first-order valence-corrected chi connectivity index (χ1v) is 11.5. The molecular formula is C26H32N4O3. The van der Waals surface area contributed by atoms with Crippen molar-refractivity contribution in [3.63, 3.8) is 0 Å². The van der Waals surface area contributed by atoms with E-state index < -0.39 is 6.10 Å². The third-order valence-corrected chi connectivity index (χ3v) is 6.51. The van der Waals surface area contributed by atoms with Gasteiger partial charge in [0.05, 0.1) is 36.5 Å². The van der Waals surface area contributed by atoms with Crippen LogP contribution in [0.15, 0.2) is 41.6 Å². The van der Waals surface area contributed by atoms with E-state index in [9.17, 15) is 9.90 Å². The van der Waals surface area contributed by atoms with Gasteiger partial charge in [-0.25, -0.2) is 9.97 Å². The molecule has 3 aromatic rings. The van der Waals surface area contributed by atoms with Crippen molar-refractivity contribution in [3.05, 3.63) is 69.4 Å². The van der Waals surface area contributed by atoms with E-state index in [4.69, 9.17) is 4.74 Å². The van der Waals surface area contributed by atoms with Crippen LogP contribution in [0, 0.1) is 6.92 Å². The highest BCUT2D eigenvalue weighted by molar-refractivity contribution is 5.86. The molecule has 1 aliphatic carbocycles. The van der Waals surface area contributed by atoms with E-state index in [-0.39, 0.29) is 11.6 Å². The van der Waals surface area contributed by atoms with Crippen molar-refractivity contribution in [2.24, 2.45) is 0 Å². The number of hydrogen-bond acceptors (Lipinski definition) is 6. The summed E-state index contributed by atoms with van der Waals surface area (Å²) in [5.41, 5.74) is 4.74. The Morgan fingerprint density at radius 2 is 2.09 bits per heavy atom. The lowest BCUT2D eigenvalue weighted by molar-refractivity contribution is 0.0735. The van der Waals surface area contributed by atoms with Crippen LogP contribution in [-0.2, 0) is 6.42 Å². The Labute approximate surface area is 194 Å². The fraction of sp³-hybridized carbons (Fsp3) is 0.423. The average molecular weight is 449 g/mol. The highest BCUT2D eigenvalue weighted by Crippen LogP contribution is 2.30. The summed E-state index contributed by atoms with van der Waals surface area (Å²) in [6, 6.07) is 5.59. The number of aliphatic hydroxyl groups is 1. The quantitative estimate of drug-likeness (QED) is 0.576. The smallest absolute Gasteiger partial charge is 0.261 e. The van der Waals surface area contributed by atoms with Crippen LogP contribution in [0.1, 0.15) is 54.0 Å². The van der Waals surface area contributed by atoms with Crippen LogP contribution in [0.4, 0.5) is 0 Å². The number of rotatable bonds is 7. The highest BCUT2D eigenvalue weighted by Gasteiger charge is 2.26. The van der Waals surface area contributed by atoms with Gasteiger partial charge in [-0.1, -0.05) is 31.1 Å². The van der Waals surface area contributed by atoms with E-state index in [1.165, 1.54) is 0 Å². The van der Waals surface area contributed by atoms with Crippen molar-refractivity contribution in [2.45, 2.75) is 51.2 Å². The van der Waals surface area contributed by atoms with Crippen LogP contribution in [0.25, 0.3) is 17.0 Å². The predicted molar refractivity (Wildman–Crippen MR) is 131 cm³/mol. The topological polar surface area (TPSA) is 89.3 Å². The Morgan fingerprint density at radius 1 is 1.27 bits per heavy atom. The van der Waals surface area contributed by atoms with Crippen LogP contribution < -0.4 is 15.6 Å². The second kappa shape index (κ2) is 10.3. The number of likely N-dealkylation sites (N-methyl/N-ethyl adjacent to an activating group) is 1. The standard InChI is InChI=1S/C26H32N4O3/c1-17-20(7-6-12-27-2)19(13-18-10-11-24(33-3)28-15-18)14-21-25(17)29-16-30(26(21)32)22-8-4-5-9-23(22)31/h6-7,10-11,14-16,22-23,27,31H,4-5,8-9,12-13H2,1-3H3/b7-6-/t22-,23-/m0/s1. The van der Waals surface area contributed by atoms with Crippen LogP contribution >= 0.6 is 0 Å². The Morgan fingerprint density at radius 3 is 2.79 bits per heavy atom. The van der Waals surface area contributed by atoms with Crippen molar-refractivity contribution in [3.8, 4) is 5.88 Å². The SMILES string of the molecule is CNC/C=C\c1c(Cc2ccc(OC)nc2)cc2c(=O)n([C@H]3CCCC[C@@H]3O)cnc2c1C. The van der Waals surface area contributed by atoms with E-state index in [1.54, 1.807) is 24.2 Å².